The molecular weight excluding hydrogens is 272 g/mol. The number of aliphatic carboxylic acids is 1. The van der Waals surface area contributed by atoms with E-state index in [9.17, 15) is 23.1 Å². The highest BCUT2D eigenvalue weighted by Crippen LogP contribution is 2.24. The first-order valence-electron chi connectivity index (χ1n) is 6.13. The van der Waals surface area contributed by atoms with Crippen LogP contribution in [0.25, 0.3) is 0 Å². The van der Waals surface area contributed by atoms with Crippen LogP contribution in [-0.2, 0) is 19.6 Å². The summed E-state index contributed by atoms with van der Waals surface area (Å²) in [5, 5.41) is 14.1. The van der Waals surface area contributed by atoms with Crippen LogP contribution in [0.4, 0.5) is 0 Å². The van der Waals surface area contributed by atoms with Crippen molar-refractivity contribution in [2.75, 3.05) is 12.3 Å². The zero-order valence-corrected chi connectivity index (χ0v) is 11.9. The van der Waals surface area contributed by atoms with Gasteiger partial charge >= 0.3 is 5.97 Å². The third-order valence-corrected chi connectivity index (χ3v) is 4.00. The molecule has 0 aromatic rings. The van der Waals surface area contributed by atoms with E-state index >= 15 is 0 Å². The van der Waals surface area contributed by atoms with E-state index in [2.05, 4.69) is 0 Å². The molecule has 0 aliphatic carbocycles. The minimum absolute atomic E-state index is 0.0400. The molecular formula is C11H20N2O5S. The maximum Gasteiger partial charge on any atom is 0.326 e. The molecule has 1 heterocycles. The van der Waals surface area contributed by atoms with Gasteiger partial charge in [-0.1, -0.05) is 13.8 Å². The molecule has 3 N–H and O–H groups in total. The molecule has 0 spiro atoms. The minimum atomic E-state index is -3.65. The normalized spacial score (nSPS) is 22.0. The van der Waals surface area contributed by atoms with E-state index < -0.39 is 28.0 Å². The van der Waals surface area contributed by atoms with E-state index in [0.717, 1.165) is 0 Å². The SMILES string of the molecule is CC(C)C[C@@H](C(=O)O)N1CC(CS(N)(=O)=O)CC1=O. The topological polar surface area (TPSA) is 118 Å². The van der Waals surface area contributed by atoms with E-state index in [4.69, 9.17) is 5.14 Å². The predicted molar refractivity (Wildman–Crippen MR) is 68.7 cm³/mol. The highest BCUT2D eigenvalue weighted by molar-refractivity contribution is 7.89. The van der Waals surface area contributed by atoms with Crippen molar-refractivity contribution < 1.29 is 23.1 Å². The predicted octanol–water partition coefficient (Wildman–Crippen LogP) is -0.377. The van der Waals surface area contributed by atoms with Crippen LogP contribution < -0.4 is 5.14 Å². The van der Waals surface area contributed by atoms with E-state index in [-0.39, 0.29) is 30.5 Å². The summed E-state index contributed by atoms with van der Waals surface area (Å²) < 4.78 is 22.0. The average Bonchev–Trinajstić information content (AvgIpc) is 2.52. The van der Waals surface area contributed by atoms with Gasteiger partial charge in [-0.05, 0) is 12.3 Å². The Balaban J connectivity index is 2.77. The molecule has 1 unspecified atom stereocenters. The number of carboxylic acids is 1. The summed E-state index contributed by atoms with van der Waals surface area (Å²) in [5.74, 6) is -1.95. The van der Waals surface area contributed by atoms with E-state index in [0.29, 0.717) is 6.42 Å². The third kappa shape index (κ3) is 4.79. The zero-order valence-electron chi connectivity index (χ0n) is 11.1. The Bertz CT molecular complexity index is 460. The molecule has 0 bridgehead atoms. The number of hydrogen-bond donors (Lipinski definition) is 2. The lowest BCUT2D eigenvalue weighted by molar-refractivity contribution is -0.149. The molecule has 1 saturated heterocycles. The number of carboxylic acid groups (broad SMARTS) is 1. The van der Waals surface area contributed by atoms with Crippen LogP contribution in [0.2, 0.25) is 0 Å². The van der Waals surface area contributed by atoms with Gasteiger partial charge in [-0.15, -0.1) is 0 Å². The zero-order chi connectivity index (χ0) is 14.8. The number of likely N-dealkylation sites (tertiary alicyclic amines) is 1. The number of amides is 1. The molecule has 110 valence electrons. The highest BCUT2D eigenvalue weighted by atomic mass is 32.2. The van der Waals surface area contributed by atoms with Crippen molar-refractivity contribution in [3.63, 3.8) is 0 Å². The van der Waals surface area contributed by atoms with Gasteiger partial charge in [-0.3, -0.25) is 4.79 Å². The molecule has 7 nitrogen and oxygen atoms in total. The molecule has 1 aliphatic heterocycles. The van der Waals surface area contributed by atoms with Gasteiger partial charge in [0.15, 0.2) is 0 Å². The number of rotatable bonds is 6. The van der Waals surface area contributed by atoms with E-state index in [1.54, 1.807) is 0 Å². The molecule has 0 aromatic heterocycles. The van der Waals surface area contributed by atoms with Crippen LogP contribution in [0.1, 0.15) is 26.7 Å². The van der Waals surface area contributed by atoms with Crippen molar-refractivity contribution in [2.24, 2.45) is 17.0 Å². The van der Waals surface area contributed by atoms with Crippen molar-refractivity contribution in [3.05, 3.63) is 0 Å². The first-order valence-corrected chi connectivity index (χ1v) is 7.84. The highest BCUT2D eigenvalue weighted by Gasteiger charge is 2.38. The Morgan fingerprint density at radius 1 is 1.53 bits per heavy atom. The third-order valence-electron chi connectivity index (χ3n) is 3.06. The van der Waals surface area contributed by atoms with Crippen molar-refractivity contribution >= 4 is 21.9 Å². The molecule has 8 heteroatoms. The van der Waals surface area contributed by atoms with Crippen LogP contribution in [0.15, 0.2) is 0 Å². The van der Waals surface area contributed by atoms with Gasteiger partial charge in [0.05, 0.1) is 5.75 Å². The minimum Gasteiger partial charge on any atom is -0.480 e. The maximum absolute atomic E-state index is 11.8. The fourth-order valence-corrected chi connectivity index (χ4v) is 3.24. The molecule has 1 rings (SSSR count). The second kappa shape index (κ2) is 5.87. The number of nitrogens with zero attached hydrogens (tertiary/aromatic N) is 1. The monoisotopic (exact) mass is 292 g/mol. The summed E-state index contributed by atoms with van der Waals surface area (Å²) in [5.41, 5.74) is 0. The largest absolute Gasteiger partial charge is 0.480 e. The van der Waals surface area contributed by atoms with Gasteiger partial charge in [-0.2, -0.15) is 0 Å². The summed E-state index contributed by atoms with van der Waals surface area (Å²) in [4.78, 5) is 24.3. The first-order chi connectivity index (χ1) is 8.60. The molecule has 1 fully saturated rings. The Morgan fingerprint density at radius 3 is 2.53 bits per heavy atom. The van der Waals surface area contributed by atoms with Crippen LogP contribution in [0.3, 0.4) is 0 Å². The van der Waals surface area contributed by atoms with Gasteiger partial charge in [0.1, 0.15) is 6.04 Å². The van der Waals surface area contributed by atoms with Crippen LogP contribution in [0, 0.1) is 11.8 Å². The van der Waals surface area contributed by atoms with Gasteiger partial charge in [0.25, 0.3) is 0 Å². The number of carbonyl (C=O) groups excluding carboxylic acids is 1. The van der Waals surface area contributed by atoms with E-state index in [1.165, 1.54) is 4.90 Å². The number of hydrogen-bond acceptors (Lipinski definition) is 4. The molecule has 19 heavy (non-hydrogen) atoms. The van der Waals surface area contributed by atoms with Crippen molar-refractivity contribution in [2.45, 2.75) is 32.7 Å². The Kier molecular flexibility index (Phi) is 4.92. The van der Waals surface area contributed by atoms with Gasteiger partial charge < -0.3 is 10.0 Å². The standard InChI is InChI=1S/C11H20N2O5S/c1-7(2)3-9(11(15)16)13-5-8(4-10(13)14)6-19(12,17)18/h7-9H,3-6H2,1-2H3,(H,15,16)(H2,12,17,18)/t8?,9-/m0/s1. The quantitative estimate of drug-likeness (QED) is 0.692. The van der Waals surface area contributed by atoms with Crippen LogP contribution in [0.5, 0.6) is 0 Å². The Hall–Kier alpha value is -1.15. The summed E-state index contributed by atoms with van der Waals surface area (Å²) in [6.45, 7) is 3.88. The van der Waals surface area contributed by atoms with Crippen molar-refractivity contribution in [1.82, 2.24) is 4.90 Å². The summed E-state index contributed by atoms with van der Waals surface area (Å²) in [6.07, 6.45) is 0.390. The molecule has 1 aliphatic rings. The lowest BCUT2D eigenvalue weighted by Crippen LogP contribution is -2.43. The molecule has 0 saturated carbocycles. The smallest absolute Gasteiger partial charge is 0.326 e. The van der Waals surface area contributed by atoms with Crippen molar-refractivity contribution in [3.8, 4) is 0 Å². The summed E-state index contributed by atoms with van der Waals surface area (Å²) in [6, 6.07) is -0.891. The van der Waals surface area contributed by atoms with Gasteiger partial charge in [-0.25, -0.2) is 18.4 Å². The number of sulfonamides is 1. The number of carbonyl (C=O) groups is 2. The maximum atomic E-state index is 11.8. The lowest BCUT2D eigenvalue weighted by atomic mass is 10.0. The fraction of sp³-hybridized carbons (Fsp3) is 0.818. The van der Waals surface area contributed by atoms with Crippen LogP contribution >= 0.6 is 0 Å². The lowest BCUT2D eigenvalue weighted by Gasteiger charge is -2.26. The van der Waals surface area contributed by atoms with Crippen LogP contribution in [-0.4, -0.2) is 48.6 Å². The van der Waals surface area contributed by atoms with Gasteiger partial charge in [0.2, 0.25) is 15.9 Å². The fourth-order valence-electron chi connectivity index (χ4n) is 2.36. The summed E-state index contributed by atoms with van der Waals surface area (Å²) in [7, 11) is -3.65. The second-order valence-corrected chi connectivity index (χ2v) is 7.09. The molecule has 1 amide bonds. The first kappa shape index (κ1) is 15.9. The number of nitrogens with two attached hydrogens (primary N) is 1. The molecule has 2 atom stereocenters. The summed E-state index contributed by atoms with van der Waals surface area (Å²) >= 11 is 0. The second-order valence-electron chi connectivity index (χ2n) is 5.43. The number of primary sulfonamides is 1. The average molecular weight is 292 g/mol. The molecule has 0 aromatic carbocycles. The van der Waals surface area contributed by atoms with Gasteiger partial charge in [0, 0.05) is 18.9 Å². The Labute approximate surface area is 112 Å². The van der Waals surface area contributed by atoms with E-state index in [1.807, 2.05) is 13.8 Å². The molecule has 0 radical (unpaired) electrons. The Morgan fingerprint density at radius 2 is 2.11 bits per heavy atom. The van der Waals surface area contributed by atoms with Crippen molar-refractivity contribution in [1.29, 1.82) is 0 Å².